The van der Waals surface area contributed by atoms with E-state index >= 15 is 0 Å². The summed E-state index contributed by atoms with van der Waals surface area (Å²) >= 11 is 1.24. The topological polar surface area (TPSA) is 88.8 Å². The van der Waals surface area contributed by atoms with Gasteiger partial charge in [-0.25, -0.2) is 4.79 Å². The SMILES string of the molecule is COC(=O)c1csc(NC(=O)C2CC(=O)N(Cc3ccco3)C2)c1. The Morgan fingerprint density at radius 3 is 3.04 bits per heavy atom. The summed E-state index contributed by atoms with van der Waals surface area (Å²) in [5.41, 5.74) is 0.389. The molecule has 1 aliphatic rings. The van der Waals surface area contributed by atoms with E-state index in [2.05, 4.69) is 10.1 Å². The first-order valence-electron chi connectivity index (χ1n) is 7.34. The van der Waals surface area contributed by atoms with Crippen LogP contribution in [0, 0.1) is 5.92 Å². The van der Waals surface area contributed by atoms with Crippen molar-refractivity contribution >= 4 is 34.1 Å². The molecule has 126 valence electrons. The van der Waals surface area contributed by atoms with Crippen LogP contribution in [0.4, 0.5) is 5.00 Å². The molecule has 24 heavy (non-hydrogen) atoms. The first-order valence-corrected chi connectivity index (χ1v) is 8.22. The average Bonchev–Trinajstić information content (AvgIpc) is 3.29. The largest absolute Gasteiger partial charge is 0.467 e. The second-order valence-corrected chi connectivity index (χ2v) is 6.35. The predicted molar refractivity (Wildman–Crippen MR) is 86.5 cm³/mol. The first kappa shape index (κ1) is 16.3. The van der Waals surface area contributed by atoms with E-state index in [0.717, 1.165) is 0 Å². The van der Waals surface area contributed by atoms with Gasteiger partial charge >= 0.3 is 5.97 Å². The van der Waals surface area contributed by atoms with Crippen LogP contribution in [0.15, 0.2) is 34.3 Å². The van der Waals surface area contributed by atoms with E-state index in [0.29, 0.717) is 29.4 Å². The zero-order chi connectivity index (χ0) is 17.1. The zero-order valence-corrected chi connectivity index (χ0v) is 13.8. The minimum Gasteiger partial charge on any atom is -0.467 e. The number of carbonyl (C=O) groups excluding carboxylic acids is 3. The van der Waals surface area contributed by atoms with E-state index < -0.39 is 11.9 Å². The molecule has 0 spiro atoms. The monoisotopic (exact) mass is 348 g/mol. The molecule has 2 aromatic rings. The van der Waals surface area contributed by atoms with Gasteiger partial charge < -0.3 is 19.4 Å². The molecule has 0 saturated carbocycles. The van der Waals surface area contributed by atoms with E-state index in [9.17, 15) is 14.4 Å². The number of rotatable bonds is 5. The van der Waals surface area contributed by atoms with Gasteiger partial charge in [-0.05, 0) is 18.2 Å². The van der Waals surface area contributed by atoms with E-state index in [4.69, 9.17) is 4.42 Å². The number of methoxy groups -OCH3 is 1. The van der Waals surface area contributed by atoms with Crippen LogP contribution in [0.1, 0.15) is 22.5 Å². The third-order valence-corrected chi connectivity index (χ3v) is 4.62. The molecule has 1 N–H and O–H groups in total. The molecule has 0 radical (unpaired) electrons. The molecule has 1 fully saturated rings. The van der Waals surface area contributed by atoms with Crippen molar-refractivity contribution in [2.45, 2.75) is 13.0 Å². The number of thiophene rings is 1. The molecule has 3 rings (SSSR count). The van der Waals surface area contributed by atoms with Crippen LogP contribution in [-0.2, 0) is 20.9 Å². The van der Waals surface area contributed by atoms with Crippen LogP contribution < -0.4 is 5.32 Å². The number of hydrogen-bond acceptors (Lipinski definition) is 6. The Balaban J connectivity index is 1.58. The van der Waals surface area contributed by atoms with Crippen molar-refractivity contribution < 1.29 is 23.5 Å². The van der Waals surface area contributed by atoms with Crippen LogP contribution in [-0.4, -0.2) is 36.3 Å². The smallest absolute Gasteiger partial charge is 0.338 e. The average molecular weight is 348 g/mol. The normalized spacial score (nSPS) is 17.1. The van der Waals surface area contributed by atoms with Crippen LogP contribution in [0.3, 0.4) is 0 Å². The number of anilines is 1. The van der Waals surface area contributed by atoms with Gasteiger partial charge in [0.1, 0.15) is 5.76 Å². The second kappa shape index (κ2) is 6.88. The number of nitrogens with zero attached hydrogens (tertiary/aromatic N) is 1. The third kappa shape index (κ3) is 3.48. The molecule has 8 heteroatoms. The van der Waals surface area contributed by atoms with Gasteiger partial charge in [0.2, 0.25) is 11.8 Å². The maximum atomic E-state index is 12.3. The Labute approximate surface area is 142 Å². The number of furan rings is 1. The van der Waals surface area contributed by atoms with Crippen molar-refractivity contribution in [2.75, 3.05) is 19.0 Å². The lowest BCUT2D eigenvalue weighted by molar-refractivity contribution is -0.128. The lowest BCUT2D eigenvalue weighted by Gasteiger charge is -2.14. The summed E-state index contributed by atoms with van der Waals surface area (Å²) in [5.74, 6) is -0.495. The van der Waals surface area contributed by atoms with Gasteiger partial charge in [-0.3, -0.25) is 9.59 Å². The highest BCUT2D eigenvalue weighted by Gasteiger charge is 2.34. The molecule has 7 nitrogen and oxygen atoms in total. The van der Waals surface area contributed by atoms with Gasteiger partial charge in [-0.15, -0.1) is 11.3 Å². The Kier molecular flexibility index (Phi) is 4.66. The Morgan fingerprint density at radius 1 is 1.50 bits per heavy atom. The standard InChI is InChI=1S/C16H16N2O5S/c1-22-16(21)11-5-13(24-9-11)17-15(20)10-6-14(19)18(7-10)8-12-3-2-4-23-12/h2-5,9-10H,6-8H2,1H3,(H,17,20). The molecule has 1 aliphatic heterocycles. The van der Waals surface area contributed by atoms with Crippen LogP contribution >= 0.6 is 11.3 Å². The summed E-state index contributed by atoms with van der Waals surface area (Å²) in [6.45, 7) is 0.710. The van der Waals surface area contributed by atoms with E-state index in [-0.39, 0.29) is 18.2 Å². The van der Waals surface area contributed by atoms with Gasteiger partial charge in [0, 0.05) is 18.3 Å². The summed E-state index contributed by atoms with van der Waals surface area (Å²) < 4.78 is 9.86. The molecule has 1 atom stereocenters. The molecular formula is C16H16N2O5S. The number of carbonyl (C=O) groups is 3. The third-order valence-electron chi connectivity index (χ3n) is 3.78. The fourth-order valence-electron chi connectivity index (χ4n) is 2.54. The molecule has 3 heterocycles. The maximum Gasteiger partial charge on any atom is 0.338 e. The van der Waals surface area contributed by atoms with Crippen molar-refractivity contribution in [3.05, 3.63) is 41.2 Å². The minimum atomic E-state index is -0.451. The molecule has 0 aliphatic carbocycles. The van der Waals surface area contributed by atoms with Crippen molar-refractivity contribution in [3.63, 3.8) is 0 Å². The van der Waals surface area contributed by atoms with Gasteiger partial charge in [0.05, 0.1) is 36.4 Å². The summed E-state index contributed by atoms with van der Waals surface area (Å²) in [7, 11) is 1.30. The number of esters is 1. The minimum absolute atomic E-state index is 0.0759. The lowest BCUT2D eigenvalue weighted by Crippen LogP contribution is -2.27. The summed E-state index contributed by atoms with van der Waals surface area (Å²) in [6.07, 6.45) is 1.72. The highest BCUT2D eigenvalue weighted by Crippen LogP contribution is 2.25. The second-order valence-electron chi connectivity index (χ2n) is 5.44. The van der Waals surface area contributed by atoms with E-state index in [1.807, 2.05) is 0 Å². The Morgan fingerprint density at radius 2 is 2.33 bits per heavy atom. The van der Waals surface area contributed by atoms with Crippen molar-refractivity contribution in [1.82, 2.24) is 4.90 Å². The fraction of sp³-hybridized carbons (Fsp3) is 0.312. The van der Waals surface area contributed by atoms with Gasteiger partial charge in [0.15, 0.2) is 0 Å². The van der Waals surface area contributed by atoms with Crippen LogP contribution in [0.5, 0.6) is 0 Å². The molecule has 1 saturated heterocycles. The Hall–Kier alpha value is -2.61. The molecule has 2 aromatic heterocycles. The summed E-state index contributed by atoms with van der Waals surface area (Å²) in [5, 5.41) is 4.92. The number of ether oxygens (including phenoxy) is 1. The molecule has 2 amide bonds. The molecule has 0 bridgehead atoms. The van der Waals surface area contributed by atoms with Gasteiger partial charge in [-0.1, -0.05) is 0 Å². The number of nitrogens with one attached hydrogen (secondary N) is 1. The van der Waals surface area contributed by atoms with Crippen LogP contribution in [0.2, 0.25) is 0 Å². The Bertz CT molecular complexity index is 752. The fourth-order valence-corrected chi connectivity index (χ4v) is 3.31. The number of amides is 2. The lowest BCUT2D eigenvalue weighted by atomic mass is 10.1. The van der Waals surface area contributed by atoms with Gasteiger partial charge in [-0.2, -0.15) is 0 Å². The zero-order valence-electron chi connectivity index (χ0n) is 13.0. The predicted octanol–water partition coefficient (Wildman–Crippen LogP) is 2.11. The molecule has 0 aromatic carbocycles. The highest BCUT2D eigenvalue weighted by molar-refractivity contribution is 7.14. The first-order chi connectivity index (χ1) is 11.6. The van der Waals surface area contributed by atoms with E-state index in [1.54, 1.807) is 34.7 Å². The van der Waals surface area contributed by atoms with Crippen molar-refractivity contribution in [2.24, 2.45) is 5.92 Å². The molecular weight excluding hydrogens is 332 g/mol. The maximum absolute atomic E-state index is 12.3. The van der Waals surface area contributed by atoms with E-state index in [1.165, 1.54) is 18.4 Å². The van der Waals surface area contributed by atoms with Crippen molar-refractivity contribution in [1.29, 1.82) is 0 Å². The summed E-state index contributed by atoms with van der Waals surface area (Å²) in [4.78, 5) is 37.4. The van der Waals surface area contributed by atoms with Crippen LogP contribution in [0.25, 0.3) is 0 Å². The van der Waals surface area contributed by atoms with Crippen molar-refractivity contribution in [3.8, 4) is 0 Å². The number of likely N-dealkylation sites (tertiary alicyclic amines) is 1. The highest BCUT2D eigenvalue weighted by atomic mass is 32.1. The quantitative estimate of drug-likeness (QED) is 0.836. The molecule has 1 unspecified atom stereocenters. The van der Waals surface area contributed by atoms with Gasteiger partial charge in [0.25, 0.3) is 0 Å². The number of hydrogen-bond donors (Lipinski definition) is 1. The summed E-state index contributed by atoms with van der Waals surface area (Å²) in [6, 6.07) is 5.11.